The molecule has 2 aromatic carbocycles. The lowest BCUT2D eigenvalue weighted by atomic mass is 10.1. The van der Waals surface area contributed by atoms with Crippen LogP contribution in [-0.4, -0.2) is 29.9 Å². The third-order valence-electron chi connectivity index (χ3n) is 4.26. The van der Waals surface area contributed by atoms with Gasteiger partial charge < -0.3 is 5.32 Å². The van der Waals surface area contributed by atoms with E-state index < -0.39 is 15.9 Å². The molecular formula is C18H14ClN3O3S. The van der Waals surface area contributed by atoms with Crippen molar-refractivity contribution in [1.82, 2.24) is 15.1 Å². The van der Waals surface area contributed by atoms with Crippen LogP contribution in [0.3, 0.4) is 0 Å². The second-order valence-electron chi connectivity index (χ2n) is 5.97. The molecule has 4 rings (SSSR count). The first-order valence-electron chi connectivity index (χ1n) is 7.88. The smallest absolute Gasteiger partial charge is 0.254 e. The predicted octanol–water partition coefficient (Wildman–Crippen LogP) is 2.78. The number of nitrogens with one attached hydrogen (secondary N) is 1. The van der Waals surface area contributed by atoms with Gasteiger partial charge in [-0.3, -0.25) is 4.79 Å². The minimum absolute atomic E-state index is 0.142. The highest BCUT2D eigenvalue weighted by atomic mass is 35.5. The first-order chi connectivity index (χ1) is 12.5. The molecule has 132 valence electrons. The summed E-state index contributed by atoms with van der Waals surface area (Å²) >= 11 is 6.14. The Morgan fingerprint density at radius 1 is 1.15 bits per heavy atom. The molecule has 1 aliphatic rings. The third kappa shape index (κ3) is 2.89. The Balaban J connectivity index is 1.58. The second-order valence-corrected chi connectivity index (χ2v) is 8.38. The standard InChI is InChI=1S/C18H14ClN3O3S/c19-14-6-2-3-7-16(14)22-10-12(9-20-22)18(23)21-15-11-26(24,25)17-8-4-1-5-13(15)17/h1-10,15H,11H2,(H,21,23)/t15-/m0/s1. The van der Waals surface area contributed by atoms with Gasteiger partial charge in [-0.15, -0.1) is 0 Å². The van der Waals surface area contributed by atoms with Crippen molar-refractivity contribution in [2.24, 2.45) is 0 Å². The largest absolute Gasteiger partial charge is 0.344 e. The van der Waals surface area contributed by atoms with Crippen molar-refractivity contribution in [3.8, 4) is 5.69 Å². The molecule has 0 spiro atoms. The van der Waals surface area contributed by atoms with Crippen LogP contribution in [0.5, 0.6) is 0 Å². The number of para-hydroxylation sites is 1. The van der Waals surface area contributed by atoms with E-state index in [1.165, 1.54) is 10.9 Å². The third-order valence-corrected chi connectivity index (χ3v) is 6.40. The van der Waals surface area contributed by atoms with Gasteiger partial charge in [-0.2, -0.15) is 5.10 Å². The van der Waals surface area contributed by atoms with Crippen molar-refractivity contribution in [1.29, 1.82) is 0 Å². The number of aromatic nitrogens is 2. The second kappa shape index (κ2) is 6.26. The first kappa shape index (κ1) is 16.8. The van der Waals surface area contributed by atoms with Crippen LogP contribution in [0, 0.1) is 0 Å². The molecule has 8 heteroatoms. The summed E-state index contributed by atoms with van der Waals surface area (Å²) in [6.45, 7) is 0. The average molecular weight is 388 g/mol. The van der Waals surface area contributed by atoms with Gasteiger partial charge in [-0.05, 0) is 23.8 Å². The molecule has 1 aliphatic heterocycles. The Kier molecular flexibility index (Phi) is 4.05. The van der Waals surface area contributed by atoms with Crippen molar-refractivity contribution in [2.45, 2.75) is 10.9 Å². The summed E-state index contributed by atoms with van der Waals surface area (Å²) in [5.74, 6) is -0.531. The van der Waals surface area contributed by atoms with Gasteiger partial charge in [0.25, 0.3) is 5.91 Å². The van der Waals surface area contributed by atoms with E-state index in [1.807, 2.05) is 6.07 Å². The lowest BCUT2D eigenvalue weighted by molar-refractivity contribution is 0.0940. The summed E-state index contributed by atoms with van der Waals surface area (Å²) in [6, 6.07) is 13.3. The number of hydrogen-bond donors (Lipinski definition) is 1. The number of carbonyl (C=O) groups is 1. The molecule has 0 aliphatic carbocycles. The van der Waals surface area contributed by atoms with Gasteiger partial charge in [-0.1, -0.05) is 41.9 Å². The van der Waals surface area contributed by atoms with Crippen molar-refractivity contribution in [2.75, 3.05) is 5.75 Å². The number of fused-ring (bicyclic) bond motifs is 1. The molecule has 1 atom stereocenters. The van der Waals surface area contributed by atoms with Crippen LogP contribution in [0.4, 0.5) is 0 Å². The molecule has 26 heavy (non-hydrogen) atoms. The van der Waals surface area contributed by atoms with E-state index in [9.17, 15) is 13.2 Å². The highest BCUT2D eigenvalue weighted by Gasteiger charge is 2.35. The zero-order chi connectivity index (χ0) is 18.3. The van der Waals surface area contributed by atoms with Crippen molar-refractivity contribution >= 4 is 27.3 Å². The zero-order valence-corrected chi connectivity index (χ0v) is 15.0. The maximum absolute atomic E-state index is 12.6. The summed E-state index contributed by atoms with van der Waals surface area (Å²) < 4.78 is 26.0. The number of nitrogens with zero attached hydrogens (tertiary/aromatic N) is 2. The molecule has 3 aromatic rings. The molecule has 6 nitrogen and oxygen atoms in total. The fraction of sp³-hybridized carbons (Fsp3) is 0.111. The highest BCUT2D eigenvalue weighted by molar-refractivity contribution is 7.91. The van der Waals surface area contributed by atoms with Gasteiger partial charge >= 0.3 is 0 Å². The quantitative estimate of drug-likeness (QED) is 0.749. The van der Waals surface area contributed by atoms with E-state index in [2.05, 4.69) is 10.4 Å². The molecule has 2 heterocycles. The number of rotatable bonds is 3. The summed E-state index contributed by atoms with van der Waals surface area (Å²) in [5.41, 5.74) is 1.59. The zero-order valence-electron chi connectivity index (χ0n) is 13.5. The van der Waals surface area contributed by atoms with Crippen LogP contribution >= 0.6 is 11.6 Å². The van der Waals surface area contributed by atoms with E-state index in [-0.39, 0.29) is 16.6 Å². The van der Waals surface area contributed by atoms with Crippen LogP contribution in [0.15, 0.2) is 65.8 Å². The van der Waals surface area contributed by atoms with E-state index in [1.54, 1.807) is 48.7 Å². The lowest BCUT2D eigenvalue weighted by Crippen LogP contribution is -2.29. The maximum atomic E-state index is 12.6. The first-order valence-corrected chi connectivity index (χ1v) is 9.91. The minimum Gasteiger partial charge on any atom is -0.344 e. The van der Waals surface area contributed by atoms with Gasteiger partial charge in [0, 0.05) is 6.20 Å². The molecule has 0 saturated heterocycles. The molecule has 0 fully saturated rings. The topological polar surface area (TPSA) is 81.1 Å². The molecule has 0 saturated carbocycles. The minimum atomic E-state index is -3.38. The molecule has 1 aromatic heterocycles. The van der Waals surface area contributed by atoms with Crippen molar-refractivity contribution in [3.63, 3.8) is 0 Å². The Bertz CT molecular complexity index is 1110. The van der Waals surface area contributed by atoms with E-state index >= 15 is 0 Å². The van der Waals surface area contributed by atoms with Crippen LogP contribution in [0.25, 0.3) is 5.69 Å². The normalized spacial score (nSPS) is 17.7. The molecule has 1 amide bonds. The molecule has 0 bridgehead atoms. The van der Waals surface area contributed by atoms with Crippen LogP contribution < -0.4 is 5.32 Å². The molecule has 1 N–H and O–H groups in total. The molecule has 0 radical (unpaired) electrons. The van der Waals surface area contributed by atoms with Crippen molar-refractivity contribution < 1.29 is 13.2 Å². The number of sulfone groups is 1. The molecule has 0 unspecified atom stereocenters. The Morgan fingerprint density at radius 2 is 1.88 bits per heavy atom. The fourth-order valence-electron chi connectivity index (χ4n) is 3.02. The van der Waals surface area contributed by atoms with E-state index in [0.717, 1.165) is 0 Å². The summed E-state index contributed by atoms with van der Waals surface area (Å²) in [6.07, 6.45) is 2.99. The number of carbonyl (C=O) groups excluding carboxylic acids is 1. The molecular weight excluding hydrogens is 374 g/mol. The van der Waals surface area contributed by atoms with Crippen LogP contribution in [0.1, 0.15) is 22.0 Å². The Morgan fingerprint density at radius 3 is 2.69 bits per heavy atom. The Labute approximate surface area is 155 Å². The number of benzene rings is 2. The number of halogens is 1. The lowest BCUT2D eigenvalue weighted by Gasteiger charge is -2.11. The Hall–Kier alpha value is -2.64. The summed E-state index contributed by atoms with van der Waals surface area (Å²) in [7, 11) is -3.38. The SMILES string of the molecule is O=C(N[C@H]1CS(=O)(=O)c2ccccc21)c1cnn(-c2ccccc2Cl)c1. The van der Waals surface area contributed by atoms with Gasteiger partial charge in [0.15, 0.2) is 9.84 Å². The van der Waals surface area contributed by atoms with Crippen molar-refractivity contribution in [3.05, 3.63) is 77.1 Å². The summed E-state index contributed by atoms with van der Waals surface area (Å²) in [4.78, 5) is 12.8. The maximum Gasteiger partial charge on any atom is 0.254 e. The van der Waals surface area contributed by atoms with Gasteiger partial charge in [-0.25, -0.2) is 13.1 Å². The van der Waals surface area contributed by atoms with Gasteiger partial charge in [0.2, 0.25) is 0 Å². The monoisotopic (exact) mass is 387 g/mol. The number of amides is 1. The van der Waals surface area contributed by atoms with E-state index in [4.69, 9.17) is 11.6 Å². The van der Waals surface area contributed by atoms with Crippen LogP contribution in [-0.2, 0) is 9.84 Å². The van der Waals surface area contributed by atoms with Gasteiger partial charge in [0.1, 0.15) is 0 Å². The summed E-state index contributed by atoms with van der Waals surface area (Å²) in [5, 5.41) is 7.46. The average Bonchev–Trinajstić information content (AvgIpc) is 3.20. The highest BCUT2D eigenvalue weighted by Crippen LogP contribution is 2.33. The number of hydrogen-bond acceptors (Lipinski definition) is 4. The van der Waals surface area contributed by atoms with Crippen LogP contribution in [0.2, 0.25) is 5.02 Å². The predicted molar refractivity (Wildman–Crippen MR) is 97.3 cm³/mol. The fourth-order valence-corrected chi connectivity index (χ4v) is 4.98. The van der Waals surface area contributed by atoms with E-state index in [0.29, 0.717) is 21.8 Å². The van der Waals surface area contributed by atoms with Gasteiger partial charge in [0.05, 0.1) is 39.2 Å².